The number of aromatic nitrogens is 1. The number of aryl methyl sites for hydroxylation is 1. The first-order chi connectivity index (χ1) is 13.2. The maximum atomic E-state index is 5.68. The van der Waals surface area contributed by atoms with E-state index in [1.165, 1.54) is 11.1 Å². The van der Waals surface area contributed by atoms with Crippen LogP contribution in [0.1, 0.15) is 23.6 Å². The molecule has 1 aliphatic heterocycles. The molecule has 27 heavy (non-hydrogen) atoms. The van der Waals surface area contributed by atoms with Crippen LogP contribution in [-0.4, -0.2) is 49.2 Å². The highest BCUT2D eigenvalue weighted by atomic mass is 16.6. The average molecular weight is 368 g/mol. The van der Waals surface area contributed by atoms with Gasteiger partial charge in [0, 0.05) is 39.1 Å². The Bertz CT molecular complexity index is 792. The molecule has 6 nitrogen and oxygen atoms in total. The van der Waals surface area contributed by atoms with Gasteiger partial charge < -0.3 is 19.7 Å². The highest BCUT2D eigenvalue weighted by Crippen LogP contribution is 2.31. The summed E-state index contributed by atoms with van der Waals surface area (Å²) in [6.07, 6.45) is 4.64. The molecule has 0 bridgehead atoms. The van der Waals surface area contributed by atoms with Gasteiger partial charge in [0.25, 0.3) is 0 Å². The number of pyridine rings is 1. The Morgan fingerprint density at radius 3 is 2.81 bits per heavy atom. The van der Waals surface area contributed by atoms with Gasteiger partial charge in [-0.2, -0.15) is 0 Å². The third-order valence-corrected chi connectivity index (χ3v) is 4.50. The lowest BCUT2D eigenvalue weighted by Gasteiger charge is -2.24. The van der Waals surface area contributed by atoms with Crippen molar-refractivity contribution in [3.8, 4) is 11.5 Å². The molecular weight excluding hydrogens is 340 g/mol. The van der Waals surface area contributed by atoms with E-state index < -0.39 is 0 Å². The molecule has 2 heterocycles. The van der Waals surface area contributed by atoms with E-state index in [4.69, 9.17) is 14.5 Å². The summed E-state index contributed by atoms with van der Waals surface area (Å²) < 4.78 is 11.3. The van der Waals surface area contributed by atoms with Crippen molar-refractivity contribution in [1.29, 1.82) is 0 Å². The normalized spacial score (nSPS) is 13.4. The van der Waals surface area contributed by atoms with Gasteiger partial charge in [-0.3, -0.25) is 9.98 Å². The number of nitrogens with zero attached hydrogens (tertiary/aromatic N) is 3. The minimum absolute atomic E-state index is 0.602. The number of guanidine groups is 1. The molecule has 0 saturated carbocycles. The van der Waals surface area contributed by atoms with E-state index in [2.05, 4.69) is 54.3 Å². The van der Waals surface area contributed by atoms with E-state index in [-0.39, 0.29) is 0 Å². The Balaban J connectivity index is 1.64. The standard InChI is InChI=1S/C21H28N4O2/c1-4-23-21(24-10-8-18-7-9-22-14-16(18)2)25(3)15-17-5-6-19-20(13-17)27-12-11-26-19/h5-7,9,13-14H,4,8,10-12,15H2,1-3H3,(H,23,24). The number of nitrogens with one attached hydrogen (secondary N) is 1. The number of ether oxygens (including phenoxy) is 2. The summed E-state index contributed by atoms with van der Waals surface area (Å²) in [5.74, 6) is 2.54. The van der Waals surface area contributed by atoms with Crippen LogP contribution in [0.15, 0.2) is 41.7 Å². The highest BCUT2D eigenvalue weighted by Gasteiger charge is 2.13. The molecule has 3 rings (SSSR count). The molecule has 0 saturated heterocycles. The summed E-state index contributed by atoms with van der Waals surface area (Å²) in [6.45, 7) is 7.70. The number of hydrogen-bond donors (Lipinski definition) is 1. The number of hydrogen-bond acceptors (Lipinski definition) is 4. The van der Waals surface area contributed by atoms with Gasteiger partial charge in [-0.05, 0) is 55.2 Å². The lowest BCUT2D eigenvalue weighted by molar-refractivity contribution is 0.171. The SMILES string of the molecule is CCNC(=NCCc1ccncc1C)N(C)Cc1ccc2c(c1)OCCO2. The summed E-state index contributed by atoms with van der Waals surface area (Å²) in [4.78, 5) is 11.1. The van der Waals surface area contributed by atoms with E-state index in [1.54, 1.807) is 0 Å². The first kappa shape index (κ1) is 19.0. The molecule has 0 radical (unpaired) electrons. The Morgan fingerprint density at radius 2 is 2.04 bits per heavy atom. The Kier molecular flexibility index (Phi) is 6.52. The van der Waals surface area contributed by atoms with Crippen LogP contribution >= 0.6 is 0 Å². The van der Waals surface area contributed by atoms with Crippen LogP contribution in [0, 0.1) is 6.92 Å². The fourth-order valence-electron chi connectivity index (χ4n) is 3.07. The molecule has 1 N–H and O–H groups in total. The van der Waals surface area contributed by atoms with Crippen molar-refractivity contribution in [3.05, 3.63) is 53.3 Å². The summed E-state index contributed by atoms with van der Waals surface area (Å²) in [6, 6.07) is 8.17. The highest BCUT2D eigenvalue weighted by molar-refractivity contribution is 5.79. The van der Waals surface area contributed by atoms with Gasteiger partial charge in [0.15, 0.2) is 17.5 Å². The quantitative estimate of drug-likeness (QED) is 0.628. The van der Waals surface area contributed by atoms with E-state index in [9.17, 15) is 0 Å². The molecule has 0 unspecified atom stereocenters. The Labute approximate surface area is 161 Å². The second-order valence-electron chi connectivity index (χ2n) is 6.62. The van der Waals surface area contributed by atoms with Crippen molar-refractivity contribution >= 4 is 5.96 Å². The van der Waals surface area contributed by atoms with Crippen LogP contribution in [0.4, 0.5) is 0 Å². The van der Waals surface area contributed by atoms with E-state index in [0.717, 1.165) is 49.1 Å². The molecule has 0 aliphatic carbocycles. The summed E-state index contributed by atoms with van der Waals surface area (Å²) in [7, 11) is 2.05. The smallest absolute Gasteiger partial charge is 0.193 e. The van der Waals surface area contributed by atoms with Crippen LogP contribution in [0.2, 0.25) is 0 Å². The minimum atomic E-state index is 0.602. The monoisotopic (exact) mass is 368 g/mol. The molecule has 0 amide bonds. The molecule has 1 aliphatic rings. The largest absolute Gasteiger partial charge is 0.486 e. The first-order valence-electron chi connectivity index (χ1n) is 9.45. The predicted molar refractivity (Wildman–Crippen MR) is 108 cm³/mol. The number of rotatable bonds is 6. The molecule has 0 fully saturated rings. The summed E-state index contributed by atoms with van der Waals surface area (Å²) in [5, 5.41) is 3.37. The molecular formula is C21H28N4O2. The number of fused-ring (bicyclic) bond motifs is 1. The summed E-state index contributed by atoms with van der Waals surface area (Å²) in [5.41, 5.74) is 3.67. The number of aliphatic imine (C=N–C) groups is 1. The van der Waals surface area contributed by atoms with Crippen molar-refractivity contribution in [2.45, 2.75) is 26.8 Å². The zero-order valence-electron chi connectivity index (χ0n) is 16.4. The van der Waals surface area contributed by atoms with Crippen molar-refractivity contribution in [1.82, 2.24) is 15.2 Å². The average Bonchev–Trinajstić information content (AvgIpc) is 2.68. The summed E-state index contributed by atoms with van der Waals surface area (Å²) >= 11 is 0. The molecule has 2 aromatic rings. The maximum Gasteiger partial charge on any atom is 0.193 e. The van der Waals surface area contributed by atoms with Crippen molar-refractivity contribution in [2.24, 2.45) is 4.99 Å². The third kappa shape index (κ3) is 5.12. The molecule has 6 heteroatoms. The van der Waals surface area contributed by atoms with Gasteiger partial charge in [0.2, 0.25) is 0 Å². The molecule has 1 aromatic heterocycles. The predicted octanol–water partition coefficient (Wildman–Crippen LogP) is 2.80. The lowest BCUT2D eigenvalue weighted by Crippen LogP contribution is -2.38. The Hall–Kier alpha value is -2.76. The van der Waals surface area contributed by atoms with E-state index in [1.807, 2.05) is 18.5 Å². The van der Waals surface area contributed by atoms with Crippen molar-refractivity contribution < 1.29 is 9.47 Å². The second kappa shape index (κ2) is 9.26. The minimum Gasteiger partial charge on any atom is -0.486 e. The molecule has 144 valence electrons. The van der Waals surface area contributed by atoms with Crippen LogP contribution in [0.3, 0.4) is 0 Å². The third-order valence-electron chi connectivity index (χ3n) is 4.50. The fourth-order valence-corrected chi connectivity index (χ4v) is 3.07. The van der Waals surface area contributed by atoms with Gasteiger partial charge in [-0.15, -0.1) is 0 Å². The van der Waals surface area contributed by atoms with Crippen LogP contribution in [0.5, 0.6) is 11.5 Å². The van der Waals surface area contributed by atoms with Crippen LogP contribution in [-0.2, 0) is 13.0 Å². The fraction of sp³-hybridized carbons (Fsp3) is 0.429. The van der Waals surface area contributed by atoms with Gasteiger partial charge in [-0.25, -0.2) is 0 Å². The zero-order valence-corrected chi connectivity index (χ0v) is 16.4. The van der Waals surface area contributed by atoms with Crippen molar-refractivity contribution in [3.63, 3.8) is 0 Å². The van der Waals surface area contributed by atoms with E-state index >= 15 is 0 Å². The van der Waals surface area contributed by atoms with Gasteiger partial charge >= 0.3 is 0 Å². The Morgan fingerprint density at radius 1 is 1.22 bits per heavy atom. The van der Waals surface area contributed by atoms with Gasteiger partial charge in [0.1, 0.15) is 13.2 Å². The van der Waals surface area contributed by atoms with Crippen molar-refractivity contribution in [2.75, 3.05) is 33.4 Å². The molecule has 0 atom stereocenters. The lowest BCUT2D eigenvalue weighted by atomic mass is 10.1. The maximum absolute atomic E-state index is 5.68. The van der Waals surface area contributed by atoms with E-state index in [0.29, 0.717) is 13.2 Å². The molecule has 1 aromatic carbocycles. The molecule has 0 spiro atoms. The van der Waals surface area contributed by atoms with Crippen LogP contribution in [0.25, 0.3) is 0 Å². The van der Waals surface area contributed by atoms with Gasteiger partial charge in [-0.1, -0.05) is 6.07 Å². The number of benzene rings is 1. The zero-order chi connectivity index (χ0) is 19.1. The topological polar surface area (TPSA) is 59.0 Å². The second-order valence-corrected chi connectivity index (χ2v) is 6.62. The van der Waals surface area contributed by atoms with Crippen LogP contribution < -0.4 is 14.8 Å². The van der Waals surface area contributed by atoms with Gasteiger partial charge in [0.05, 0.1) is 0 Å². The first-order valence-corrected chi connectivity index (χ1v) is 9.45.